The van der Waals surface area contributed by atoms with Crippen LogP contribution >= 0.6 is 15.6 Å². The highest BCUT2D eigenvalue weighted by Crippen LogP contribution is 2.45. The maximum Gasteiger partial charge on any atom is 0.472 e. The normalized spacial score (nSPS) is 14.8. The predicted octanol–water partition coefficient (Wildman–Crippen LogP) is 20.6. The van der Waals surface area contributed by atoms with Crippen LogP contribution in [-0.2, 0) is 65.4 Å². The number of esters is 4. The lowest BCUT2D eigenvalue weighted by atomic mass is 10.00. The monoisotopic (exact) mass is 1340 g/mol. The molecule has 4 unspecified atom stereocenters. The van der Waals surface area contributed by atoms with Crippen LogP contribution in [0.1, 0.15) is 363 Å². The lowest BCUT2D eigenvalue weighted by molar-refractivity contribution is -0.161. The summed E-state index contributed by atoms with van der Waals surface area (Å²) in [5.41, 5.74) is 0. The van der Waals surface area contributed by atoms with Crippen molar-refractivity contribution in [2.75, 3.05) is 39.6 Å². The van der Waals surface area contributed by atoms with Crippen molar-refractivity contribution in [3.05, 3.63) is 0 Å². The summed E-state index contributed by atoms with van der Waals surface area (Å²) in [5.74, 6) is 0.133. The van der Waals surface area contributed by atoms with Crippen molar-refractivity contribution in [2.45, 2.75) is 381 Å². The van der Waals surface area contributed by atoms with Gasteiger partial charge in [0.05, 0.1) is 26.4 Å². The molecular weight excluding hydrogens is 1200 g/mol. The number of aliphatic hydroxyl groups excluding tert-OH is 1. The zero-order valence-corrected chi connectivity index (χ0v) is 61.1. The van der Waals surface area contributed by atoms with Gasteiger partial charge < -0.3 is 33.8 Å². The third-order valence-electron chi connectivity index (χ3n) is 17.4. The van der Waals surface area contributed by atoms with Gasteiger partial charge in [0, 0.05) is 25.7 Å². The Morgan fingerprint density at radius 2 is 0.560 bits per heavy atom. The Labute approximate surface area is 556 Å². The van der Waals surface area contributed by atoms with Crippen molar-refractivity contribution in [3.8, 4) is 0 Å². The molecule has 0 amide bonds. The van der Waals surface area contributed by atoms with Crippen LogP contribution in [-0.4, -0.2) is 96.7 Å². The fourth-order valence-electron chi connectivity index (χ4n) is 10.8. The quantitative estimate of drug-likeness (QED) is 0.0222. The minimum Gasteiger partial charge on any atom is -0.462 e. The molecule has 0 aromatic carbocycles. The Morgan fingerprint density at radius 3 is 0.835 bits per heavy atom. The number of hydrogen-bond donors (Lipinski definition) is 3. The van der Waals surface area contributed by atoms with Crippen LogP contribution in [0.4, 0.5) is 0 Å². The molecule has 0 saturated heterocycles. The number of carbonyl (C=O) groups is 4. The zero-order valence-electron chi connectivity index (χ0n) is 59.3. The average Bonchev–Trinajstić information content (AvgIpc) is 3.02. The highest BCUT2D eigenvalue weighted by Gasteiger charge is 2.30. The summed E-state index contributed by atoms with van der Waals surface area (Å²) in [6.45, 7) is 11.8. The topological polar surface area (TPSA) is 237 Å². The first-order chi connectivity index (χ1) is 43.8. The molecule has 0 aliphatic carbocycles. The van der Waals surface area contributed by atoms with Crippen LogP contribution in [0.25, 0.3) is 0 Å². The summed E-state index contributed by atoms with van der Waals surface area (Å²) >= 11 is 0. The summed E-state index contributed by atoms with van der Waals surface area (Å²) < 4.78 is 68.3. The number of carbonyl (C=O) groups excluding carboxylic acids is 4. The molecule has 0 heterocycles. The van der Waals surface area contributed by atoms with Gasteiger partial charge in [-0.3, -0.25) is 37.3 Å². The first-order valence-corrected chi connectivity index (χ1v) is 40.4. The van der Waals surface area contributed by atoms with Gasteiger partial charge in [0.1, 0.15) is 19.3 Å². The molecular formula is C72H140O17P2. The Hall–Kier alpha value is -1.94. The molecule has 0 aliphatic heterocycles. The van der Waals surface area contributed by atoms with Gasteiger partial charge >= 0.3 is 39.5 Å². The van der Waals surface area contributed by atoms with Crippen molar-refractivity contribution in [1.82, 2.24) is 0 Å². The van der Waals surface area contributed by atoms with E-state index in [0.29, 0.717) is 25.7 Å². The Balaban J connectivity index is 5.22. The lowest BCUT2D eigenvalue weighted by Crippen LogP contribution is -2.30. The smallest absolute Gasteiger partial charge is 0.462 e. The number of phosphoric ester groups is 2. The van der Waals surface area contributed by atoms with Crippen LogP contribution in [0.15, 0.2) is 0 Å². The first-order valence-electron chi connectivity index (χ1n) is 37.4. The van der Waals surface area contributed by atoms with Crippen LogP contribution in [0.5, 0.6) is 0 Å². The fourth-order valence-corrected chi connectivity index (χ4v) is 12.4. The second kappa shape index (κ2) is 62.8. The van der Waals surface area contributed by atoms with E-state index in [4.69, 9.17) is 37.0 Å². The molecule has 0 spiro atoms. The Bertz CT molecular complexity index is 1790. The number of rotatable bonds is 70. The highest BCUT2D eigenvalue weighted by molar-refractivity contribution is 7.47. The fraction of sp³-hybridized carbons (Fsp3) is 0.944. The molecule has 0 fully saturated rings. The van der Waals surface area contributed by atoms with Gasteiger partial charge in [-0.25, -0.2) is 9.13 Å². The van der Waals surface area contributed by atoms with E-state index < -0.39 is 97.5 Å². The SMILES string of the molecule is CCCCCCCCCCCCCCC(=O)OC[C@H](COP(=O)(O)OC[C@@H](O)COP(=O)(O)OC[C@@H](COC(=O)CCCCCCCCC(C)CC)OC(=O)CCCCCCCCC(C)CC)OC(=O)CCCCCCCCCCCCCCCCCCC(C)C. The molecule has 91 heavy (non-hydrogen) atoms. The van der Waals surface area contributed by atoms with Crippen LogP contribution < -0.4 is 0 Å². The molecule has 17 nitrogen and oxygen atoms in total. The molecule has 3 N–H and O–H groups in total. The summed E-state index contributed by atoms with van der Waals surface area (Å²) in [7, 11) is -9.90. The van der Waals surface area contributed by atoms with Gasteiger partial charge in [0.15, 0.2) is 12.2 Å². The molecule has 0 aliphatic rings. The van der Waals surface area contributed by atoms with Crippen LogP contribution in [0, 0.1) is 17.8 Å². The van der Waals surface area contributed by atoms with Gasteiger partial charge in [-0.2, -0.15) is 0 Å². The van der Waals surface area contributed by atoms with E-state index >= 15 is 0 Å². The average molecular weight is 1340 g/mol. The maximum atomic E-state index is 13.0. The van der Waals surface area contributed by atoms with Gasteiger partial charge in [0.25, 0.3) is 0 Å². The second-order valence-electron chi connectivity index (χ2n) is 26.9. The number of phosphoric acid groups is 2. The van der Waals surface area contributed by atoms with Crippen LogP contribution in [0.2, 0.25) is 0 Å². The van der Waals surface area contributed by atoms with E-state index in [1.165, 1.54) is 167 Å². The molecule has 0 saturated carbocycles. The molecule has 0 aromatic rings. The van der Waals surface area contributed by atoms with Crippen molar-refractivity contribution < 1.29 is 80.2 Å². The van der Waals surface area contributed by atoms with Crippen LogP contribution in [0.3, 0.4) is 0 Å². The zero-order chi connectivity index (χ0) is 67.3. The van der Waals surface area contributed by atoms with Gasteiger partial charge in [0.2, 0.25) is 0 Å². The van der Waals surface area contributed by atoms with Crippen molar-refractivity contribution >= 4 is 39.5 Å². The van der Waals surface area contributed by atoms with Crippen molar-refractivity contribution in [2.24, 2.45) is 17.8 Å². The summed E-state index contributed by atoms with van der Waals surface area (Å²) in [6.07, 6.45) is 47.3. The predicted molar refractivity (Wildman–Crippen MR) is 368 cm³/mol. The Morgan fingerprint density at radius 1 is 0.319 bits per heavy atom. The van der Waals surface area contributed by atoms with E-state index in [1.807, 2.05) is 0 Å². The minimum absolute atomic E-state index is 0.102. The minimum atomic E-state index is -4.95. The van der Waals surface area contributed by atoms with E-state index in [0.717, 1.165) is 114 Å². The summed E-state index contributed by atoms with van der Waals surface area (Å²) in [4.78, 5) is 72.6. The Kier molecular flexibility index (Phi) is 61.5. The highest BCUT2D eigenvalue weighted by atomic mass is 31.2. The van der Waals surface area contributed by atoms with E-state index in [1.54, 1.807) is 0 Å². The van der Waals surface area contributed by atoms with E-state index in [-0.39, 0.29) is 25.7 Å². The van der Waals surface area contributed by atoms with Gasteiger partial charge in [-0.15, -0.1) is 0 Å². The number of unbranched alkanes of at least 4 members (excludes halogenated alkanes) is 36. The summed E-state index contributed by atoms with van der Waals surface area (Å²) in [5, 5.41) is 10.6. The van der Waals surface area contributed by atoms with Crippen molar-refractivity contribution in [1.29, 1.82) is 0 Å². The van der Waals surface area contributed by atoms with Gasteiger partial charge in [-0.1, -0.05) is 312 Å². The lowest BCUT2D eigenvalue weighted by Gasteiger charge is -2.21. The first kappa shape index (κ1) is 89.1. The van der Waals surface area contributed by atoms with Gasteiger partial charge in [-0.05, 0) is 43.4 Å². The number of hydrogen-bond acceptors (Lipinski definition) is 15. The van der Waals surface area contributed by atoms with E-state index in [2.05, 4.69) is 48.5 Å². The molecule has 0 radical (unpaired) electrons. The standard InChI is InChI=1S/C72H140O17P2/c1-8-11-12-13-14-15-16-24-27-30-39-46-53-69(74)82-59-67(88-71(76)55-48-41-31-28-25-22-20-18-17-19-21-23-26-29-36-43-50-63(4)5)61-86-90(78,79)84-57-66(73)58-85-91(80,81)87-62-68(89-72(77)56-49-42-35-33-38-45-52-65(7)10-3)60-83-70(75)54-47-40-34-32-37-44-51-64(6)9-2/h63-68,73H,8-62H2,1-7H3,(H,78,79)(H,80,81)/t64?,65?,66-,67-,68-/m1/s1. The number of ether oxygens (including phenoxy) is 4. The second-order valence-corrected chi connectivity index (χ2v) is 29.8. The van der Waals surface area contributed by atoms with Crippen molar-refractivity contribution in [3.63, 3.8) is 0 Å². The third-order valence-corrected chi connectivity index (χ3v) is 19.3. The molecule has 19 heteroatoms. The molecule has 0 bridgehead atoms. The maximum absolute atomic E-state index is 13.0. The van der Waals surface area contributed by atoms with E-state index in [9.17, 15) is 43.2 Å². The largest absolute Gasteiger partial charge is 0.472 e. The molecule has 540 valence electrons. The molecule has 7 atom stereocenters. The molecule has 0 aromatic heterocycles. The molecule has 0 rings (SSSR count). The summed E-state index contributed by atoms with van der Waals surface area (Å²) in [6, 6.07) is 0. The third kappa shape index (κ3) is 63.9. The number of aliphatic hydroxyl groups is 1.